The number of nitrogens with one attached hydrogen (secondary N) is 1. The first-order chi connectivity index (χ1) is 14.2. The molecular weight excluding hydrogens is 407 g/mol. The smallest absolute Gasteiger partial charge is 0.230 e. The van der Waals surface area contributed by atoms with Gasteiger partial charge in [-0.05, 0) is 52.2 Å². The number of aromatic nitrogens is 2. The first-order valence-electron chi connectivity index (χ1n) is 10.1. The molecule has 0 aromatic carbocycles. The Balaban J connectivity index is 1.79. The van der Waals surface area contributed by atoms with Gasteiger partial charge in [0.15, 0.2) is 0 Å². The van der Waals surface area contributed by atoms with E-state index >= 15 is 0 Å². The van der Waals surface area contributed by atoms with Crippen LogP contribution >= 0.6 is 11.6 Å². The van der Waals surface area contributed by atoms with Gasteiger partial charge < -0.3 is 15.0 Å². The molecule has 3 heterocycles. The Hall–Kier alpha value is -2.41. The number of anilines is 1. The van der Waals surface area contributed by atoms with Gasteiger partial charge >= 0.3 is 0 Å². The molecule has 2 atom stereocenters. The van der Waals surface area contributed by atoms with Crippen molar-refractivity contribution in [2.45, 2.75) is 52.0 Å². The summed E-state index contributed by atoms with van der Waals surface area (Å²) in [7, 11) is 1.46. The zero-order chi connectivity index (χ0) is 22.1. The van der Waals surface area contributed by atoms with E-state index in [-0.39, 0.29) is 22.9 Å². The quantitative estimate of drug-likeness (QED) is 0.731. The predicted octanol–water partition coefficient (Wildman–Crippen LogP) is 4.36. The molecule has 0 fully saturated rings. The van der Waals surface area contributed by atoms with Crippen molar-refractivity contribution in [2.24, 2.45) is 0 Å². The summed E-state index contributed by atoms with van der Waals surface area (Å²) < 4.78 is 19.4. The summed E-state index contributed by atoms with van der Waals surface area (Å²) in [6, 6.07) is 3.44. The van der Waals surface area contributed by atoms with Crippen LogP contribution in [0.4, 0.5) is 10.2 Å². The van der Waals surface area contributed by atoms with Crippen LogP contribution in [0.25, 0.3) is 0 Å². The van der Waals surface area contributed by atoms with Crippen LogP contribution in [0.2, 0.25) is 5.02 Å². The minimum Gasteiger partial charge on any atom is -0.481 e. The summed E-state index contributed by atoms with van der Waals surface area (Å²) in [6.07, 6.45) is 2.74. The summed E-state index contributed by atoms with van der Waals surface area (Å²) in [5.41, 5.74) is 1.78. The number of hydrogen-bond donors (Lipinski definition) is 1. The van der Waals surface area contributed by atoms with Crippen LogP contribution in [0, 0.1) is 12.7 Å². The van der Waals surface area contributed by atoms with Crippen molar-refractivity contribution in [3.8, 4) is 5.88 Å². The van der Waals surface area contributed by atoms with Crippen LogP contribution < -0.4 is 10.1 Å². The molecule has 1 N–H and O–H groups in total. The molecule has 162 valence electrons. The number of aryl methyl sites for hydroxylation is 2. The number of pyridine rings is 2. The highest BCUT2D eigenvalue weighted by Crippen LogP contribution is 2.33. The van der Waals surface area contributed by atoms with Gasteiger partial charge in [0.1, 0.15) is 11.6 Å². The highest BCUT2D eigenvalue weighted by atomic mass is 35.5. The Morgan fingerprint density at radius 2 is 2.20 bits per heavy atom. The lowest BCUT2D eigenvalue weighted by Crippen LogP contribution is -2.51. The molecule has 0 radical (unpaired) electrons. The van der Waals surface area contributed by atoms with Crippen LogP contribution in [0.3, 0.4) is 0 Å². The molecule has 1 aliphatic heterocycles. The van der Waals surface area contributed by atoms with E-state index in [9.17, 15) is 9.18 Å². The molecule has 0 aliphatic carbocycles. The van der Waals surface area contributed by atoms with Gasteiger partial charge in [-0.15, -0.1) is 0 Å². The first-order valence-corrected chi connectivity index (χ1v) is 10.5. The van der Waals surface area contributed by atoms with Gasteiger partial charge in [-0.3, -0.25) is 4.79 Å². The van der Waals surface area contributed by atoms with Crippen LogP contribution in [0.5, 0.6) is 5.88 Å². The molecule has 8 heteroatoms. The van der Waals surface area contributed by atoms with Crippen LogP contribution in [0.1, 0.15) is 49.9 Å². The SMILES string of the molecule is CCN(C[C@@]1(C)CCc2cc(Cl)c(C)nc2N1)C(=O)[C@H](C)c1cc(OC)ncc1F. The third-order valence-corrected chi connectivity index (χ3v) is 6.12. The molecule has 2 aromatic rings. The van der Waals surface area contributed by atoms with Crippen molar-refractivity contribution in [3.05, 3.63) is 46.0 Å². The topological polar surface area (TPSA) is 67.4 Å². The van der Waals surface area contributed by atoms with Crippen molar-refractivity contribution in [3.63, 3.8) is 0 Å². The van der Waals surface area contributed by atoms with E-state index in [1.165, 1.54) is 13.2 Å². The normalized spacial score (nSPS) is 18.9. The van der Waals surface area contributed by atoms with Crippen LogP contribution in [0.15, 0.2) is 18.3 Å². The maximum Gasteiger partial charge on any atom is 0.230 e. The largest absolute Gasteiger partial charge is 0.481 e. The Kier molecular flexibility index (Phi) is 6.50. The maximum atomic E-state index is 14.3. The molecule has 0 spiro atoms. The molecule has 0 saturated carbocycles. The molecule has 1 aliphatic rings. The van der Waals surface area contributed by atoms with E-state index in [4.69, 9.17) is 16.3 Å². The molecule has 0 unspecified atom stereocenters. The number of likely N-dealkylation sites (N-methyl/N-ethyl adjacent to an activating group) is 1. The van der Waals surface area contributed by atoms with Crippen molar-refractivity contribution in [1.82, 2.24) is 14.9 Å². The van der Waals surface area contributed by atoms with E-state index in [1.54, 1.807) is 11.8 Å². The second-order valence-electron chi connectivity index (χ2n) is 8.07. The van der Waals surface area contributed by atoms with Crippen molar-refractivity contribution in [2.75, 3.05) is 25.5 Å². The van der Waals surface area contributed by atoms with Gasteiger partial charge in [0.05, 0.1) is 35.5 Å². The van der Waals surface area contributed by atoms with Gasteiger partial charge in [-0.1, -0.05) is 11.6 Å². The third-order valence-electron chi connectivity index (χ3n) is 5.74. The zero-order valence-electron chi connectivity index (χ0n) is 18.1. The minimum absolute atomic E-state index is 0.140. The summed E-state index contributed by atoms with van der Waals surface area (Å²) in [5, 5.41) is 4.16. The fourth-order valence-corrected chi connectivity index (χ4v) is 4.02. The first kappa shape index (κ1) is 22.3. The highest BCUT2D eigenvalue weighted by Gasteiger charge is 2.35. The monoisotopic (exact) mass is 434 g/mol. The summed E-state index contributed by atoms with van der Waals surface area (Å²) in [5.74, 6) is -0.210. The molecule has 0 saturated heterocycles. The number of ether oxygens (including phenoxy) is 1. The second kappa shape index (κ2) is 8.76. The number of amides is 1. The van der Waals surface area contributed by atoms with E-state index in [2.05, 4.69) is 22.2 Å². The van der Waals surface area contributed by atoms with Gasteiger partial charge in [-0.25, -0.2) is 14.4 Å². The van der Waals surface area contributed by atoms with Gasteiger partial charge in [0.25, 0.3) is 0 Å². The fourth-order valence-electron chi connectivity index (χ4n) is 3.85. The zero-order valence-corrected chi connectivity index (χ0v) is 18.8. The van der Waals surface area contributed by atoms with Gasteiger partial charge in [0, 0.05) is 24.7 Å². The Morgan fingerprint density at radius 3 is 2.87 bits per heavy atom. The Bertz CT molecular complexity index is 955. The van der Waals surface area contributed by atoms with E-state index in [0.717, 1.165) is 36.1 Å². The Morgan fingerprint density at radius 1 is 1.47 bits per heavy atom. The summed E-state index contributed by atoms with van der Waals surface area (Å²) in [6.45, 7) is 8.59. The van der Waals surface area contributed by atoms with E-state index < -0.39 is 11.7 Å². The number of nitrogens with zero attached hydrogens (tertiary/aromatic N) is 3. The molecule has 6 nitrogen and oxygen atoms in total. The van der Waals surface area contributed by atoms with Crippen molar-refractivity contribution in [1.29, 1.82) is 0 Å². The number of fused-ring (bicyclic) bond motifs is 1. The molecule has 2 aromatic heterocycles. The van der Waals surface area contributed by atoms with Crippen LogP contribution in [-0.2, 0) is 11.2 Å². The third kappa shape index (κ3) is 4.51. The Labute approximate surface area is 181 Å². The lowest BCUT2D eigenvalue weighted by Gasteiger charge is -2.40. The summed E-state index contributed by atoms with van der Waals surface area (Å²) >= 11 is 6.21. The average molecular weight is 435 g/mol. The lowest BCUT2D eigenvalue weighted by atomic mass is 9.88. The number of methoxy groups -OCH3 is 1. The number of carbonyl (C=O) groups is 1. The van der Waals surface area contributed by atoms with Crippen molar-refractivity contribution < 1.29 is 13.9 Å². The average Bonchev–Trinajstić information content (AvgIpc) is 2.72. The summed E-state index contributed by atoms with van der Waals surface area (Å²) in [4.78, 5) is 23.4. The molecule has 1 amide bonds. The number of hydrogen-bond acceptors (Lipinski definition) is 5. The lowest BCUT2D eigenvalue weighted by molar-refractivity contribution is -0.133. The van der Waals surface area contributed by atoms with E-state index in [0.29, 0.717) is 18.1 Å². The minimum atomic E-state index is -0.652. The second-order valence-corrected chi connectivity index (χ2v) is 8.48. The maximum absolute atomic E-state index is 14.3. The molecule has 3 rings (SSSR count). The highest BCUT2D eigenvalue weighted by molar-refractivity contribution is 6.31. The fraction of sp³-hybridized carbons (Fsp3) is 0.500. The number of rotatable bonds is 6. The predicted molar refractivity (Wildman–Crippen MR) is 116 cm³/mol. The van der Waals surface area contributed by atoms with Crippen LogP contribution in [-0.4, -0.2) is 46.5 Å². The number of carbonyl (C=O) groups excluding carboxylic acids is 1. The standard InChI is InChI=1S/C22H28ClFN4O2/c1-6-28(21(29)13(2)16-10-19(30-5)25-11-18(16)24)12-22(4)8-7-15-9-17(23)14(3)26-20(15)27-22/h9-11,13H,6-8,12H2,1-5H3,(H,26,27)/t13-,22-/m1/s1. The molecular formula is C22H28ClFN4O2. The van der Waals surface area contributed by atoms with Crippen molar-refractivity contribution >= 4 is 23.3 Å². The van der Waals surface area contributed by atoms with Gasteiger partial charge in [0.2, 0.25) is 11.8 Å². The molecule has 30 heavy (non-hydrogen) atoms. The van der Waals surface area contributed by atoms with E-state index in [1.807, 2.05) is 19.9 Å². The molecule has 0 bridgehead atoms. The number of halogens is 2. The van der Waals surface area contributed by atoms with Gasteiger partial charge in [-0.2, -0.15) is 0 Å².